The Morgan fingerprint density at radius 1 is 1.19 bits per heavy atom. The van der Waals surface area contributed by atoms with Crippen LogP contribution in [0.1, 0.15) is 23.4 Å². The second-order valence-electron chi connectivity index (χ2n) is 4.39. The van der Waals surface area contributed by atoms with Gasteiger partial charge in [-0.3, -0.25) is 0 Å². The summed E-state index contributed by atoms with van der Waals surface area (Å²) in [4.78, 5) is 0. The summed E-state index contributed by atoms with van der Waals surface area (Å²) in [6.07, 6.45) is 3.47. The molecule has 0 radical (unpaired) electrons. The highest BCUT2D eigenvalue weighted by atomic mass is 32.1. The van der Waals surface area contributed by atoms with E-state index in [0.717, 1.165) is 11.4 Å². The largest absolute Gasteiger partial charge is 0.374 e. The maximum atomic E-state index is 5.64. The number of nitrogen functional groups attached to an aromatic ring is 1. The average molecular weight is 231 g/mol. The Kier molecular flexibility index (Phi) is 2.17. The zero-order valence-corrected chi connectivity index (χ0v) is 9.70. The minimum atomic E-state index is 0.233. The lowest BCUT2D eigenvalue weighted by atomic mass is 9.97. The number of hydrogen-bond donors (Lipinski definition) is 1. The summed E-state index contributed by atoms with van der Waals surface area (Å²) >= 11 is 1.53. The van der Waals surface area contributed by atoms with Crippen LogP contribution in [-0.4, -0.2) is 10.2 Å². The topological polar surface area (TPSA) is 51.8 Å². The van der Waals surface area contributed by atoms with E-state index in [4.69, 9.17) is 5.73 Å². The summed E-state index contributed by atoms with van der Waals surface area (Å²) in [6, 6.07) is 10.6. The molecule has 2 N–H and O–H groups in total. The average Bonchev–Trinajstić information content (AvgIpc) is 2.94. The van der Waals surface area contributed by atoms with E-state index in [1.54, 1.807) is 0 Å². The standard InChI is InChI=1S/C12H13N3S/c13-11-15-14-10(16-11)12(6-7-12)8-9-4-2-1-3-5-9/h1-5H,6-8H2,(H2,13,15). The minimum Gasteiger partial charge on any atom is -0.374 e. The summed E-state index contributed by atoms with van der Waals surface area (Å²) in [6.45, 7) is 0. The fourth-order valence-electron chi connectivity index (χ4n) is 2.05. The maximum Gasteiger partial charge on any atom is 0.203 e. The van der Waals surface area contributed by atoms with Gasteiger partial charge in [-0.25, -0.2) is 0 Å². The zero-order chi connectivity index (χ0) is 11.0. The van der Waals surface area contributed by atoms with Crippen LogP contribution in [0, 0.1) is 0 Å². The van der Waals surface area contributed by atoms with Crippen molar-refractivity contribution in [3.05, 3.63) is 40.9 Å². The Balaban J connectivity index is 1.85. The highest BCUT2D eigenvalue weighted by molar-refractivity contribution is 7.15. The summed E-state index contributed by atoms with van der Waals surface area (Å²) < 4.78 is 0. The third-order valence-corrected chi connectivity index (χ3v) is 4.13. The molecule has 1 fully saturated rings. The highest BCUT2D eigenvalue weighted by Gasteiger charge is 2.47. The van der Waals surface area contributed by atoms with E-state index < -0.39 is 0 Å². The minimum absolute atomic E-state index is 0.233. The van der Waals surface area contributed by atoms with Crippen molar-refractivity contribution in [1.29, 1.82) is 0 Å². The second kappa shape index (κ2) is 3.56. The van der Waals surface area contributed by atoms with Crippen LogP contribution in [0.3, 0.4) is 0 Å². The van der Waals surface area contributed by atoms with Crippen LogP contribution in [-0.2, 0) is 11.8 Å². The number of aromatic nitrogens is 2. The molecule has 0 amide bonds. The first-order valence-corrected chi connectivity index (χ1v) is 6.24. The zero-order valence-electron chi connectivity index (χ0n) is 8.89. The van der Waals surface area contributed by atoms with Gasteiger partial charge in [0.15, 0.2) is 0 Å². The van der Waals surface area contributed by atoms with Crippen LogP contribution in [0.4, 0.5) is 5.13 Å². The number of nitrogens with two attached hydrogens (primary N) is 1. The van der Waals surface area contributed by atoms with Crippen LogP contribution in [0.5, 0.6) is 0 Å². The predicted molar refractivity (Wildman–Crippen MR) is 65.4 cm³/mol. The van der Waals surface area contributed by atoms with Gasteiger partial charge in [0.2, 0.25) is 5.13 Å². The van der Waals surface area contributed by atoms with Crippen molar-refractivity contribution in [2.75, 3.05) is 5.73 Å². The van der Waals surface area contributed by atoms with Crippen molar-refractivity contribution >= 4 is 16.5 Å². The molecule has 1 heterocycles. The molecule has 0 atom stereocenters. The van der Waals surface area contributed by atoms with Gasteiger partial charge < -0.3 is 5.73 Å². The molecule has 4 heteroatoms. The first kappa shape index (κ1) is 9.78. The molecule has 1 aromatic carbocycles. The maximum absolute atomic E-state index is 5.64. The SMILES string of the molecule is Nc1nnc(C2(Cc3ccccc3)CC2)s1. The van der Waals surface area contributed by atoms with Gasteiger partial charge in [-0.1, -0.05) is 41.7 Å². The summed E-state index contributed by atoms with van der Waals surface area (Å²) in [7, 11) is 0. The predicted octanol–water partition coefficient (Wildman–Crippen LogP) is 2.39. The van der Waals surface area contributed by atoms with Crippen molar-refractivity contribution in [3.8, 4) is 0 Å². The highest BCUT2D eigenvalue weighted by Crippen LogP contribution is 2.51. The van der Waals surface area contributed by atoms with E-state index in [0.29, 0.717) is 5.13 Å². The summed E-state index contributed by atoms with van der Waals surface area (Å²) in [5.74, 6) is 0. The first-order valence-electron chi connectivity index (χ1n) is 5.42. The lowest BCUT2D eigenvalue weighted by molar-refractivity contribution is 0.671. The normalized spacial score (nSPS) is 17.2. The van der Waals surface area contributed by atoms with Gasteiger partial charge in [0.25, 0.3) is 0 Å². The number of nitrogens with zero attached hydrogens (tertiary/aromatic N) is 2. The van der Waals surface area contributed by atoms with Crippen LogP contribution in [0.25, 0.3) is 0 Å². The smallest absolute Gasteiger partial charge is 0.203 e. The van der Waals surface area contributed by atoms with E-state index in [-0.39, 0.29) is 5.41 Å². The van der Waals surface area contributed by atoms with Gasteiger partial charge >= 0.3 is 0 Å². The second-order valence-corrected chi connectivity index (χ2v) is 5.40. The Hall–Kier alpha value is -1.42. The third-order valence-electron chi connectivity index (χ3n) is 3.13. The van der Waals surface area contributed by atoms with Crippen molar-refractivity contribution < 1.29 is 0 Å². The number of hydrogen-bond acceptors (Lipinski definition) is 4. The fourth-order valence-corrected chi connectivity index (χ4v) is 2.91. The summed E-state index contributed by atoms with van der Waals surface area (Å²) in [5, 5.41) is 9.78. The lowest BCUT2D eigenvalue weighted by Gasteiger charge is -2.10. The number of anilines is 1. The molecule has 0 spiro atoms. The molecule has 0 bridgehead atoms. The van der Waals surface area contributed by atoms with Gasteiger partial charge in [0, 0.05) is 5.41 Å². The van der Waals surface area contributed by atoms with E-state index in [2.05, 4.69) is 34.5 Å². The Labute approximate surface area is 98.3 Å². The Morgan fingerprint density at radius 3 is 2.50 bits per heavy atom. The molecular formula is C12H13N3S. The van der Waals surface area contributed by atoms with E-state index in [1.165, 1.54) is 29.7 Å². The molecule has 82 valence electrons. The Bertz CT molecular complexity index is 488. The molecule has 3 rings (SSSR count). The van der Waals surface area contributed by atoms with Crippen LogP contribution < -0.4 is 5.73 Å². The molecule has 16 heavy (non-hydrogen) atoms. The van der Waals surface area contributed by atoms with Gasteiger partial charge in [0.1, 0.15) is 5.01 Å². The molecule has 2 aromatic rings. The molecule has 0 aliphatic heterocycles. The van der Waals surface area contributed by atoms with Crippen molar-refractivity contribution in [2.24, 2.45) is 0 Å². The number of rotatable bonds is 3. The first-order chi connectivity index (χ1) is 7.78. The van der Waals surface area contributed by atoms with E-state index in [1.807, 2.05) is 6.07 Å². The third kappa shape index (κ3) is 1.69. The van der Waals surface area contributed by atoms with Crippen LogP contribution >= 0.6 is 11.3 Å². The molecule has 0 unspecified atom stereocenters. The van der Waals surface area contributed by atoms with Crippen LogP contribution in [0.2, 0.25) is 0 Å². The van der Waals surface area contributed by atoms with Crippen molar-refractivity contribution in [2.45, 2.75) is 24.7 Å². The quantitative estimate of drug-likeness (QED) is 0.882. The molecule has 1 saturated carbocycles. The molecule has 0 saturated heterocycles. The van der Waals surface area contributed by atoms with E-state index in [9.17, 15) is 0 Å². The lowest BCUT2D eigenvalue weighted by Crippen LogP contribution is -2.10. The van der Waals surface area contributed by atoms with Gasteiger partial charge in [-0.2, -0.15) is 0 Å². The van der Waals surface area contributed by atoms with Gasteiger partial charge in [-0.15, -0.1) is 10.2 Å². The van der Waals surface area contributed by atoms with Crippen molar-refractivity contribution in [3.63, 3.8) is 0 Å². The van der Waals surface area contributed by atoms with Gasteiger partial charge in [-0.05, 0) is 24.8 Å². The Morgan fingerprint density at radius 2 is 1.94 bits per heavy atom. The molecule has 1 aromatic heterocycles. The van der Waals surface area contributed by atoms with Crippen molar-refractivity contribution in [1.82, 2.24) is 10.2 Å². The number of benzene rings is 1. The molecular weight excluding hydrogens is 218 g/mol. The molecule has 3 nitrogen and oxygen atoms in total. The van der Waals surface area contributed by atoms with Gasteiger partial charge in [0.05, 0.1) is 0 Å². The summed E-state index contributed by atoms with van der Waals surface area (Å²) in [5.41, 5.74) is 7.24. The molecule has 1 aliphatic carbocycles. The molecule has 1 aliphatic rings. The van der Waals surface area contributed by atoms with Crippen LogP contribution in [0.15, 0.2) is 30.3 Å². The van der Waals surface area contributed by atoms with E-state index >= 15 is 0 Å². The fraction of sp³-hybridized carbons (Fsp3) is 0.333. The monoisotopic (exact) mass is 231 g/mol.